The Morgan fingerprint density at radius 1 is 0.857 bits per heavy atom. The molecular formula is C19H18N2. The molecule has 0 saturated carbocycles. The minimum absolute atomic E-state index is 0.975. The highest BCUT2D eigenvalue weighted by atomic mass is 15.3. The molecule has 0 aromatic heterocycles. The van der Waals surface area contributed by atoms with Gasteiger partial charge in [0.05, 0.1) is 11.4 Å². The number of benzene rings is 3. The van der Waals surface area contributed by atoms with Crippen LogP contribution in [-0.2, 0) is 0 Å². The summed E-state index contributed by atoms with van der Waals surface area (Å²) >= 11 is 0. The van der Waals surface area contributed by atoms with Crippen LogP contribution in [0.3, 0.4) is 0 Å². The smallest absolute Gasteiger partial charge is 0.0648 e. The molecular weight excluding hydrogens is 256 g/mol. The zero-order chi connectivity index (χ0) is 14.7. The number of hydrazone groups is 1. The molecule has 3 aromatic carbocycles. The molecule has 1 N–H and O–H groups in total. The summed E-state index contributed by atoms with van der Waals surface area (Å²) in [4.78, 5) is 0. The minimum Gasteiger partial charge on any atom is -0.278 e. The van der Waals surface area contributed by atoms with Crippen molar-refractivity contribution in [3.8, 4) is 0 Å². The summed E-state index contributed by atoms with van der Waals surface area (Å²) in [6.07, 6.45) is 0. The Bertz CT molecular complexity index is 786. The highest BCUT2D eigenvalue weighted by Crippen LogP contribution is 2.19. The van der Waals surface area contributed by atoms with Gasteiger partial charge in [0.25, 0.3) is 0 Å². The lowest BCUT2D eigenvalue weighted by Gasteiger charge is -2.05. The quantitative estimate of drug-likeness (QED) is 0.528. The summed E-state index contributed by atoms with van der Waals surface area (Å²) in [7, 11) is 0. The van der Waals surface area contributed by atoms with Crippen molar-refractivity contribution in [2.45, 2.75) is 13.8 Å². The van der Waals surface area contributed by atoms with E-state index in [9.17, 15) is 0 Å². The van der Waals surface area contributed by atoms with Crippen LogP contribution in [0.25, 0.3) is 10.8 Å². The van der Waals surface area contributed by atoms with Gasteiger partial charge in [0.2, 0.25) is 0 Å². The summed E-state index contributed by atoms with van der Waals surface area (Å²) in [5, 5.41) is 6.92. The maximum atomic E-state index is 4.47. The van der Waals surface area contributed by atoms with E-state index in [0.717, 1.165) is 17.0 Å². The van der Waals surface area contributed by atoms with Gasteiger partial charge in [-0.25, -0.2) is 0 Å². The van der Waals surface area contributed by atoms with Crippen LogP contribution >= 0.6 is 0 Å². The third kappa shape index (κ3) is 3.11. The zero-order valence-electron chi connectivity index (χ0n) is 12.3. The summed E-state index contributed by atoms with van der Waals surface area (Å²) < 4.78 is 0. The van der Waals surface area contributed by atoms with Crippen molar-refractivity contribution >= 4 is 22.2 Å². The summed E-state index contributed by atoms with van der Waals surface area (Å²) in [5.41, 5.74) is 7.50. The van der Waals surface area contributed by atoms with Crippen molar-refractivity contribution in [1.29, 1.82) is 0 Å². The van der Waals surface area contributed by atoms with Crippen LogP contribution < -0.4 is 5.43 Å². The van der Waals surface area contributed by atoms with Crippen molar-refractivity contribution in [2.24, 2.45) is 5.10 Å². The second kappa shape index (κ2) is 5.80. The molecule has 0 saturated heterocycles. The van der Waals surface area contributed by atoms with Gasteiger partial charge in [-0.15, -0.1) is 0 Å². The fourth-order valence-corrected chi connectivity index (χ4v) is 2.27. The van der Waals surface area contributed by atoms with Gasteiger partial charge in [-0.05, 0) is 42.3 Å². The average molecular weight is 274 g/mol. The van der Waals surface area contributed by atoms with Crippen LogP contribution in [0.15, 0.2) is 71.8 Å². The number of nitrogens with zero attached hydrogens (tertiary/aromatic N) is 1. The van der Waals surface area contributed by atoms with E-state index in [1.54, 1.807) is 0 Å². The first-order chi connectivity index (χ1) is 10.2. The van der Waals surface area contributed by atoms with E-state index in [0.29, 0.717) is 0 Å². The number of anilines is 1. The first kappa shape index (κ1) is 13.4. The van der Waals surface area contributed by atoms with Gasteiger partial charge in [0.15, 0.2) is 0 Å². The predicted octanol–water partition coefficient (Wildman–Crippen LogP) is 4.98. The molecule has 3 aromatic rings. The maximum Gasteiger partial charge on any atom is 0.0648 e. The van der Waals surface area contributed by atoms with E-state index in [4.69, 9.17) is 0 Å². The Hall–Kier alpha value is -2.61. The van der Waals surface area contributed by atoms with Gasteiger partial charge in [0, 0.05) is 0 Å². The van der Waals surface area contributed by atoms with Crippen molar-refractivity contribution in [3.05, 3.63) is 77.9 Å². The molecule has 2 nitrogen and oxygen atoms in total. The first-order valence-corrected chi connectivity index (χ1v) is 7.08. The summed E-state index contributed by atoms with van der Waals surface area (Å²) in [6, 6.07) is 23.0. The normalized spacial score (nSPS) is 11.6. The molecule has 0 bridgehead atoms. The van der Waals surface area contributed by atoms with Crippen LogP contribution in [0.1, 0.15) is 18.1 Å². The molecule has 21 heavy (non-hydrogen) atoms. The van der Waals surface area contributed by atoms with E-state index in [-0.39, 0.29) is 0 Å². The molecule has 0 heterocycles. The number of hydrogen-bond acceptors (Lipinski definition) is 2. The van der Waals surface area contributed by atoms with Gasteiger partial charge in [-0.1, -0.05) is 60.2 Å². The number of nitrogens with one attached hydrogen (secondary N) is 1. The molecule has 0 spiro atoms. The Labute approximate surface area is 125 Å². The van der Waals surface area contributed by atoms with E-state index in [2.05, 4.69) is 72.0 Å². The van der Waals surface area contributed by atoms with Crippen LogP contribution in [0.2, 0.25) is 0 Å². The molecule has 0 aliphatic heterocycles. The van der Waals surface area contributed by atoms with E-state index >= 15 is 0 Å². The predicted molar refractivity (Wildman–Crippen MR) is 91.0 cm³/mol. The SMILES string of the molecule is C/C(=N\Nc1ccc2ccccc2c1)c1ccc(C)cc1. The zero-order valence-corrected chi connectivity index (χ0v) is 12.3. The average Bonchev–Trinajstić information content (AvgIpc) is 2.53. The van der Waals surface area contributed by atoms with Crippen LogP contribution in [0.4, 0.5) is 5.69 Å². The first-order valence-electron chi connectivity index (χ1n) is 7.08. The van der Waals surface area contributed by atoms with Crippen LogP contribution in [0.5, 0.6) is 0 Å². The Balaban J connectivity index is 1.81. The lowest BCUT2D eigenvalue weighted by molar-refractivity contribution is 1.32. The Morgan fingerprint density at radius 2 is 1.57 bits per heavy atom. The fraction of sp³-hybridized carbons (Fsp3) is 0.105. The molecule has 0 atom stereocenters. The second-order valence-corrected chi connectivity index (χ2v) is 5.24. The van der Waals surface area contributed by atoms with Gasteiger partial charge in [-0.2, -0.15) is 5.10 Å². The fourth-order valence-electron chi connectivity index (χ4n) is 2.27. The van der Waals surface area contributed by atoms with Crippen molar-refractivity contribution < 1.29 is 0 Å². The van der Waals surface area contributed by atoms with Gasteiger partial charge < -0.3 is 0 Å². The topological polar surface area (TPSA) is 24.4 Å². The van der Waals surface area contributed by atoms with Crippen LogP contribution in [-0.4, -0.2) is 5.71 Å². The molecule has 3 rings (SSSR count). The van der Waals surface area contributed by atoms with Crippen molar-refractivity contribution in [3.63, 3.8) is 0 Å². The molecule has 0 aliphatic carbocycles. The van der Waals surface area contributed by atoms with Crippen LogP contribution in [0, 0.1) is 6.92 Å². The molecule has 0 unspecified atom stereocenters. The summed E-state index contributed by atoms with van der Waals surface area (Å²) in [6.45, 7) is 4.10. The monoisotopic (exact) mass is 274 g/mol. The maximum absolute atomic E-state index is 4.47. The minimum atomic E-state index is 0.975. The van der Waals surface area contributed by atoms with Crippen molar-refractivity contribution in [2.75, 3.05) is 5.43 Å². The third-order valence-electron chi connectivity index (χ3n) is 3.57. The molecule has 0 aliphatic rings. The molecule has 0 radical (unpaired) electrons. The molecule has 2 heteroatoms. The lowest BCUT2D eigenvalue weighted by atomic mass is 10.1. The number of fused-ring (bicyclic) bond motifs is 1. The molecule has 0 amide bonds. The van der Waals surface area contributed by atoms with E-state index in [1.165, 1.54) is 16.3 Å². The van der Waals surface area contributed by atoms with E-state index < -0.39 is 0 Å². The number of hydrogen-bond donors (Lipinski definition) is 1. The van der Waals surface area contributed by atoms with Crippen molar-refractivity contribution in [1.82, 2.24) is 0 Å². The van der Waals surface area contributed by atoms with Gasteiger partial charge in [0.1, 0.15) is 0 Å². The van der Waals surface area contributed by atoms with E-state index in [1.807, 2.05) is 19.1 Å². The number of aryl methyl sites for hydroxylation is 1. The van der Waals surface area contributed by atoms with Gasteiger partial charge in [-0.3, -0.25) is 5.43 Å². The standard InChI is InChI=1S/C19H18N2/c1-14-7-9-16(10-8-14)15(2)20-21-19-12-11-17-5-3-4-6-18(17)13-19/h3-13,21H,1-2H3/b20-15+. The Kier molecular flexibility index (Phi) is 3.69. The lowest BCUT2D eigenvalue weighted by Crippen LogP contribution is -1.99. The highest BCUT2D eigenvalue weighted by molar-refractivity contribution is 5.99. The largest absolute Gasteiger partial charge is 0.278 e. The molecule has 104 valence electrons. The third-order valence-corrected chi connectivity index (χ3v) is 3.57. The second-order valence-electron chi connectivity index (χ2n) is 5.24. The molecule has 0 fully saturated rings. The Morgan fingerprint density at radius 3 is 2.33 bits per heavy atom. The van der Waals surface area contributed by atoms with Gasteiger partial charge >= 0.3 is 0 Å². The highest BCUT2D eigenvalue weighted by Gasteiger charge is 1.98. The number of rotatable bonds is 3. The summed E-state index contributed by atoms with van der Waals surface area (Å²) in [5.74, 6) is 0.